The normalized spacial score (nSPS) is 12.5. The molecule has 0 fully saturated rings. The second kappa shape index (κ2) is 7.45. The van der Waals surface area contributed by atoms with E-state index >= 15 is 0 Å². The van der Waals surface area contributed by atoms with Crippen LogP contribution in [0.4, 0.5) is 0 Å². The average Bonchev–Trinajstić information content (AvgIpc) is 3.12. The topological polar surface area (TPSA) is 62.5 Å². The van der Waals surface area contributed by atoms with Gasteiger partial charge in [0.05, 0.1) is 30.1 Å². The van der Waals surface area contributed by atoms with Crippen molar-refractivity contribution in [2.24, 2.45) is 4.99 Å². The zero-order chi connectivity index (χ0) is 16.0. The van der Waals surface area contributed by atoms with Crippen molar-refractivity contribution < 1.29 is 4.42 Å². The molecule has 22 heavy (non-hydrogen) atoms. The molecular formula is C16H24N4OS. The quantitative estimate of drug-likeness (QED) is 0.655. The first-order chi connectivity index (χ1) is 10.5. The first-order valence-corrected chi connectivity index (χ1v) is 8.36. The van der Waals surface area contributed by atoms with E-state index in [1.54, 1.807) is 17.6 Å². The van der Waals surface area contributed by atoms with Crippen LogP contribution < -0.4 is 10.6 Å². The number of nitrogens with zero attached hydrogens (tertiary/aromatic N) is 2. The monoisotopic (exact) mass is 320 g/mol. The zero-order valence-electron chi connectivity index (χ0n) is 13.6. The van der Waals surface area contributed by atoms with Gasteiger partial charge in [-0.25, -0.2) is 9.98 Å². The van der Waals surface area contributed by atoms with Crippen molar-refractivity contribution >= 4 is 17.3 Å². The van der Waals surface area contributed by atoms with Gasteiger partial charge in [0, 0.05) is 17.3 Å². The number of thiazole rings is 1. The first kappa shape index (κ1) is 16.5. The van der Waals surface area contributed by atoms with E-state index in [0.29, 0.717) is 13.1 Å². The van der Waals surface area contributed by atoms with E-state index in [9.17, 15) is 0 Å². The Balaban J connectivity index is 1.95. The van der Waals surface area contributed by atoms with Gasteiger partial charge in [-0.2, -0.15) is 0 Å². The lowest BCUT2D eigenvalue weighted by Gasteiger charge is -2.13. The van der Waals surface area contributed by atoms with Gasteiger partial charge in [-0.3, -0.25) is 0 Å². The molecule has 0 radical (unpaired) electrons. The summed E-state index contributed by atoms with van der Waals surface area (Å²) in [7, 11) is 0. The molecule has 6 heteroatoms. The first-order valence-electron chi connectivity index (χ1n) is 7.48. The summed E-state index contributed by atoms with van der Waals surface area (Å²) in [6.45, 7) is 10.6. The summed E-state index contributed by atoms with van der Waals surface area (Å²) >= 11 is 1.70. The fourth-order valence-electron chi connectivity index (χ4n) is 1.81. The summed E-state index contributed by atoms with van der Waals surface area (Å²) in [6.07, 6.45) is 1.67. The number of hydrogen-bond acceptors (Lipinski definition) is 4. The van der Waals surface area contributed by atoms with Crippen LogP contribution in [0.15, 0.2) is 33.2 Å². The molecule has 0 atom stereocenters. The number of hydrogen-bond donors (Lipinski definition) is 2. The van der Waals surface area contributed by atoms with Crippen LogP contribution in [-0.2, 0) is 18.5 Å². The molecule has 0 aliphatic heterocycles. The van der Waals surface area contributed by atoms with Crippen LogP contribution in [0.1, 0.15) is 44.2 Å². The van der Waals surface area contributed by atoms with E-state index in [1.807, 2.05) is 19.1 Å². The maximum absolute atomic E-state index is 5.31. The Morgan fingerprint density at radius 3 is 2.77 bits per heavy atom. The van der Waals surface area contributed by atoms with Crippen LogP contribution >= 0.6 is 11.3 Å². The Labute approximate surface area is 135 Å². The van der Waals surface area contributed by atoms with Gasteiger partial charge in [0.25, 0.3) is 0 Å². The van der Waals surface area contributed by atoms with Crippen LogP contribution in [0.25, 0.3) is 0 Å². The lowest BCUT2D eigenvalue weighted by molar-refractivity contribution is 0.501. The maximum Gasteiger partial charge on any atom is 0.192 e. The smallest absolute Gasteiger partial charge is 0.192 e. The Hall–Kier alpha value is -1.82. The van der Waals surface area contributed by atoms with Crippen molar-refractivity contribution in [1.82, 2.24) is 15.6 Å². The van der Waals surface area contributed by atoms with Crippen LogP contribution in [0, 0.1) is 0 Å². The molecule has 120 valence electrons. The van der Waals surface area contributed by atoms with Crippen molar-refractivity contribution in [3.63, 3.8) is 0 Å². The third-order valence-electron chi connectivity index (χ3n) is 2.95. The van der Waals surface area contributed by atoms with Gasteiger partial charge in [0.1, 0.15) is 5.76 Å². The van der Waals surface area contributed by atoms with Crippen LogP contribution in [-0.4, -0.2) is 17.5 Å². The van der Waals surface area contributed by atoms with Crippen molar-refractivity contribution in [1.29, 1.82) is 0 Å². The van der Waals surface area contributed by atoms with Crippen molar-refractivity contribution in [2.45, 2.75) is 46.2 Å². The van der Waals surface area contributed by atoms with E-state index in [2.05, 4.69) is 46.8 Å². The molecule has 0 aliphatic carbocycles. The number of nitrogens with one attached hydrogen (secondary N) is 2. The molecule has 2 rings (SSSR count). The molecule has 0 spiro atoms. The summed E-state index contributed by atoms with van der Waals surface area (Å²) in [6, 6.07) is 3.82. The Kier molecular flexibility index (Phi) is 5.60. The largest absolute Gasteiger partial charge is 0.467 e. The minimum atomic E-state index is 0.0919. The van der Waals surface area contributed by atoms with Gasteiger partial charge in [-0.1, -0.05) is 20.8 Å². The molecule has 0 aromatic carbocycles. The summed E-state index contributed by atoms with van der Waals surface area (Å²) in [5, 5.41) is 9.70. The Bertz CT molecular complexity index is 596. The predicted molar refractivity (Wildman–Crippen MR) is 91.2 cm³/mol. The molecule has 2 N–H and O–H groups in total. The zero-order valence-corrected chi connectivity index (χ0v) is 14.5. The summed E-state index contributed by atoms with van der Waals surface area (Å²) in [4.78, 5) is 9.24. The minimum absolute atomic E-state index is 0.0919. The molecule has 0 saturated heterocycles. The second-order valence-corrected chi connectivity index (χ2v) is 6.88. The van der Waals surface area contributed by atoms with Crippen LogP contribution in [0.2, 0.25) is 0 Å². The molecule has 2 aromatic rings. The van der Waals surface area contributed by atoms with Crippen LogP contribution in [0.3, 0.4) is 0 Å². The SMILES string of the molecule is CCNC(=NCc1csc(C(C)(C)C)n1)NCc1ccco1. The lowest BCUT2D eigenvalue weighted by atomic mass is 9.98. The third-order valence-corrected chi connectivity index (χ3v) is 4.26. The highest BCUT2D eigenvalue weighted by Gasteiger charge is 2.17. The van der Waals surface area contributed by atoms with Crippen molar-refractivity contribution in [3.05, 3.63) is 40.2 Å². The molecule has 0 saturated carbocycles. The van der Waals surface area contributed by atoms with E-state index in [4.69, 9.17) is 4.42 Å². The predicted octanol–water partition coefficient (Wildman–Crippen LogP) is 3.29. The molecule has 0 amide bonds. The van der Waals surface area contributed by atoms with E-state index in [-0.39, 0.29) is 5.41 Å². The average molecular weight is 320 g/mol. The number of furan rings is 1. The Morgan fingerprint density at radius 2 is 2.18 bits per heavy atom. The highest BCUT2D eigenvalue weighted by molar-refractivity contribution is 7.09. The molecule has 2 heterocycles. The molecule has 5 nitrogen and oxygen atoms in total. The lowest BCUT2D eigenvalue weighted by Crippen LogP contribution is -2.36. The van der Waals surface area contributed by atoms with Crippen molar-refractivity contribution in [2.75, 3.05) is 6.54 Å². The van der Waals surface area contributed by atoms with Crippen LogP contribution in [0.5, 0.6) is 0 Å². The third kappa shape index (κ3) is 4.87. The highest BCUT2D eigenvalue weighted by Crippen LogP contribution is 2.25. The number of aliphatic imine (C=N–C) groups is 1. The standard InChI is InChI=1S/C16H24N4OS/c1-5-17-15(19-10-13-7-6-8-21-13)18-9-12-11-22-14(20-12)16(2,3)4/h6-8,11H,5,9-10H2,1-4H3,(H2,17,18,19). The number of guanidine groups is 1. The summed E-state index contributed by atoms with van der Waals surface area (Å²) in [5.74, 6) is 1.65. The van der Waals surface area contributed by atoms with Gasteiger partial charge in [0.15, 0.2) is 5.96 Å². The molecular weight excluding hydrogens is 296 g/mol. The molecule has 2 aromatic heterocycles. The number of rotatable bonds is 5. The van der Waals surface area contributed by atoms with Gasteiger partial charge in [0.2, 0.25) is 0 Å². The second-order valence-electron chi connectivity index (χ2n) is 6.02. The highest BCUT2D eigenvalue weighted by atomic mass is 32.1. The molecule has 0 bridgehead atoms. The fourth-order valence-corrected chi connectivity index (χ4v) is 2.71. The van der Waals surface area contributed by atoms with E-state index in [0.717, 1.165) is 29.0 Å². The summed E-state index contributed by atoms with van der Waals surface area (Å²) in [5.41, 5.74) is 1.10. The van der Waals surface area contributed by atoms with Gasteiger partial charge in [-0.05, 0) is 19.1 Å². The maximum atomic E-state index is 5.31. The van der Waals surface area contributed by atoms with Gasteiger partial charge >= 0.3 is 0 Å². The Morgan fingerprint density at radius 1 is 1.36 bits per heavy atom. The van der Waals surface area contributed by atoms with Gasteiger partial charge in [-0.15, -0.1) is 11.3 Å². The minimum Gasteiger partial charge on any atom is -0.467 e. The number of aromatic nitrogens is 1. The molecule has 0 unspecified atom stereocenters. The van der Waals surface area contributed by atoms with E-state index < -0.39 is 0 Å². The van der Waals surface area contributed by atoms with E-state index in [1.165, 1.54) is 0 Å². The molecule has 0 aliphatic rings. The summed E-state index contributed by atoms with van der Waals surface area (Å²) < 4.78 is 5.31. The van der Waals surface area contributed by atoms with Gasteiger partial charge < -0.3 is 15.1 Å². The fraction of sp³-hybridized carbons (Fsp3) is 0.500. The van der Waals surface area contributed by atoms with Crippen molar-refractivity contribution in [3.8, 4) is 0 Å².